The van der Waals surface area contributed by atoms with Crippen molar-refractivity contribution in [2.75, 3.05) is 5.32 Å². The van der Waals surface area contributed by atoms with Crippen LogP contribution < -0.4 is 5.32 Å². The number of nitriles is 1. The summed E-state index contributed by atoms with van der Waals surface area (Å²) in [5.74, 6) is -0.518. The van der Waals surface area contributed by atoms with Crippen molar-refractivity contribution in [3.8, 4) is 6.07 Å². The average Bonchev–Trinajstić information content (AvgIpc) is 2.98. The fourth-order valence-electron chi connectivity index (χ4n) is 3.09. The Balaban J connectivity index is 2.00. The summed E-state index contributed by atoms with van der Waals surface area (Å²) < 4.78 is 1.77. The number of carboxylic acid groups (broad SMARTS) is 1. The van der Waals surface area contributed by atoms with E-state index in [1.54, 1.807) is 42.0 Å². The Morgan fingerprint density at radius 2 is 2.12 bits per heavy atom. The minimum Gasteiger partial charge on any atom is -0.478 e. The molecule has 0 radical (unpaired) electrons. The van der Waals surface area contributed by atoms with Gasteiger partial charge in [-0.1, -0.05) is 12.1 Å². The molecule has 1 unspecified atom stereocenters. The molecule has 0 aliphatic carbocycles. The number of hydrogen-bond acceptors (Lipinski definition) is 6. The van der Waals surface area contributed by atoms with E-state index in [0.29, 0.717) is 28.4 Å². The van der Waals surface area contributed by atoms with Crippen molar-refractivity contribution in [3.63, 3.8) is 0 Å². The Bertz CT molecular complexity index is 1070. The van der Waals surface area contributed by atoms with E-state index >= 15 is 0 Å². The van der Waals surface area contributed by atoms with Gasteiger partial charge in [0.05, 0.1) is 29.4 Å². The maximum atomic E-state index is 11.9. The highest BCUT2D eigenvalue weighted by Crippen LogP contribution is 2.38. The summed E-state index contributed by atoms with van der Waals surface area (Å²) in [5, 5.41) is 21.8. The zero-order valence-electron chi connectivity index (χ0n) is 13.1. The Hall–Kier alpha value is -3.73. The molecule has 0 saturated heterocycles. The number of aromatic nitrogens is 4. The van der Waals surface area contributed by atoms with Crippen LogP contribution >= 0.6 is 0 Å². The summed E-state index contributed by atoms with van der Waals surface area (Å²) in [6.07, 6.45) is 3.01. The van der Waals surface area contributed by atoms with E-state index in [2.05, 4.69) is 26.3 Å². The molecule has 8 nitrogen and oxygen atoms in total. The Labute approximate surface area is 142 Å². The molecule has 0 spiro atoms. The van der Waals surface area contributed by atoms with Gasteiger partial charge in [0.1, 0.15) is 11.8 Å². The lowest BCUT2D eigenvalue weighted by Crippen LogP contribution is -2.27. The molecule has 1 aromatic carbocycles. The molecule has 2 aromatic heterocycles. The number of rotatable bonds is 2. The van der Waals surface area contributed by atoms with Gasteiger partial charge in [-0.25, -0.2) is 14.8 Å². The van der Waals surface area contributed by atoms with E-state index in [1.165, 1.54) is 6.33 Å². The lowest BCUT2D eigenvalue weighted by molar-refractivity contribution is -0.133. The number of imidazole rings is 1. The lowest BCUT2D eigenvalue weighted by atomic mass is 9.94. The number of fused-ring (bicyclic) bond motifs is 3. The van der Waals surface area contributed by atoms with Crippen molar-refractivity contribution in [2.45, 2.75) is 13.0 Å². The molecule has 2 N–H and O–H groups in total. The highest BCUT2D eigenvalue weighted by molar-refractivity contribution is 5.92. The van der Waals surface area contributed by atoms with Gasteiger partial charge < -0.3 is 10.4 Å². The predicted molar refractivity (Wildman–Crippen MR) is 88.6 cm³/mol. The van der Waals surface area contributed by atoms with E-state index in [4.69, 9.17) is 5.26 Å². The molecule has 8 heteroatoms. The van der Waals surface area contributed by atoms with E-state index in [1.807, 2.05) is 0 Å². The van der Waals surface area contributed by atoms with Gasteiger partial charge in [0.15, 0.2) is 5.65 Å². The molecule has 3 aromatic rings. The number of allylic oxidation sites excluding steroid dienone is 1. The van der Waals surface area contributed by atoms with Gasteiger partial charge in [0, 0.05) is 5.70 Å². The first-order valence-electron chi connectivity index (χ1n) is 7.49. The summed E-state index contributed by atoms with van der Waals surface area (Å²) in [6, 6.07) is 8.31. The third-order valence-electron chi connectivity index (χ3n) is 4.19. The molecule has 3 heterocycles. The highest BCUT2D eigenvalue weighted by Gasteiger charge is 2.34. The maximum absolute atomic E-state index is 11.9. The van der Waals surface area contributed by atoms with Crippen LogP contribution in [0.2, 0.25) is 0 Å². The van der Waals surface area contributed by atoms with Crippen LogP contribution in [0.1, 0.15) is 24.1 Å². The second-order valence-corrected chi connectivity index (χ2v) is 5.64. The van der Waals surface area contributed by atoms with Crippen LogP contribution in [-0.2, 0) is 4.79 Å². The number of carboxylic acids is 1. The first-order valence-corrected chi connectivity index (χ1v) is 7.49. The van der Waals surface area contributed by atoms with Gasteiger partial charge in [-0.3, -0.25) is 4.57 Å². The number of benzene rings is 1. The Kier molecular flexibility index (Phi) is 3.22. The first-order chi connectivity index (χ1) is 12.1. The SMILES string of the molecule is CC1=C(C(=O)O)C(c2ccc(C#N)cc2)n2c(nc3ncncc32)N1. The maximum Gasteiger partial charge on any atom is 0.335 e. The van der Waals surface area contributed by atoms with E-state index in [0.717, 1.165) is 5.56 Å². The molecular formula is C17H12N6O2. The topological polar surface area (TPSA) is 117 Å². The zero-order valence-corrected chi connectivity index (χ0v) is 13.1. The second-order valence-electron chi connectivity index (χ2n) is 5.64. The highest BCUT2D eigenvalue weighted by atomic mass is 16.4. The molecule has 0 amide bonds. The molecule has 0 saturated carbocycles. The summed E-state index contributed by atoms with van der Waals surface area (Å²) in [4.78, 5) is 24.5. The van der Waals surface area contributed by atoms with Gasteiger partial charge in [0.2, 0.25) is 5.95 Å². The van der Waals surface area contributed by atoms with E-state index in [-0.39, 0.29) is 5.57 Å². The number of nitrogens with one attached hydrogen (secondary N) is 1. The molecule has 0 fully saturated rings. The normalized spacial score (nSPS) is 16.2. The van der Waals surface area contributed by atoms with E-state index in [9.17, 15) is 9.90 Å². The standard InChI is InChI=1S/C17H12N6O2/c1-9-13(16(24)25)14(11-4-2-10(6-18)3-5-11)23-12-7-19-8-20-15(12)22-17(23)21-9/h2-5,7-8,14H,1H3,(H,24,25)(H,19,20,21,22). The van der Waals surface area contributed by atoms with Crippen molar-refractivity contribution in [1.82, 2.24) is 19.5 Å². The smallest absolute Gasteiger partial charge is 0.335 e. The quantitative estimate of drug-likeness (QED) is 0.737. The fourth-order valence-corrected chi connectivity index (χ4v) is 3.09. The third kappa shape index (κ3) is 2.21. The van der Waals surface area contributed by atoms with Crippen LogP contribution in [0.5, 0.6) is 0 Å². The summed E-state index contributed by atoms with van der Waals surface area (Å²) >= 11 is 0. The third-order valence-corrected chi connectivity index (χ3v) is 4.19. The molecule has 1 aliphatic heterocycles. The molecule has 0 bridgehead atoms. The van der Waals surface area contributed by atoms with Gasteiger partial charge in [-0.15, -0.1) is 0 Å². The van der Waals surface area contributed by atoms with Crippen molar-refractivity contribution < 1.29 is 9.90 Å². The number of hydrogen-bond donors (Lipinski definition) is 2. The summed E-state index contributed by atoms with van der Waals surface area (Å²) in [5.41, 5.74) is 3.08. The van der Waals surface area contributed by atoms with Gasteiger partial charge in [-0.05, 0) is 24.6 Å². The van der Waals surface area contributed by atoms with Crippen LogP contribution in [0.25, 0.3) is 11.2 Å². The largest absolute Gasteiger partial charge is 0.478 e. The number of carbonyl (C=O) groups is 1. The lowest BCUT2D eigenvalue weighted by Gasteiger charge is -2.29. The molecule has 1 atom stereocenters. The summed E-state index contributed by atoms with van der Waals surface area (Å²) in [7, 11) is 0. The average molecular weight is 332 g/mol. The summed E-state index contributed by atoms with van der Waals surface area (Å²) in [6.45, 7) is 1.70. The van der Waals surface area contributed by atoms with Crippen LogP contribution in [0.4, 0.5) is 5.95 Å². The van der Waals surface area contributed by atoms with Crippen molar-refractivity contribution in [2.24, 2.45) is 0 Å². The van der Waals surface area contributed by atoms with Gasteiger partial charge in [0.25, 0.3) is 0 Å². The predicted octanol–water partition coefficient (Wildman–Crippen LogP) is 2.07. The van der Waals surface area contributed by atoms with Gasteiger partial charge >= 0.3 is 5.97 Å². The Morgan fingerprint density at radius 3 is 2.80 bits per heavy atom. The van der Waals surface area contributed by atoms with Crippen LogP contribution in [0.3, 0.4) is 0 Å². The Morgan fingerprint density at radius 1 is 1.36 bits per heavy atom. The first kappa shape index (κ1) is 14.8. The van der Waals surface area contributed by atoms with Crippen LogP contribution in [0, 0.1) is 11.3 Å². The van der Waals surface area contributed by atoms with Crippen molar-refractivity contribution >= 4 is 23.1 Å². The molecular weight excluding hydrogens is 320 g/mol. The van der Waals surface area contributed by atoms with Crippen LogP contribution in [0.15, 0.2) is 48.1 Å². The monoisotopic (exact) mass is 332 g/mol. The minimum atomic E-state index is -1.02. The molecule has 1 aliphatic rings. The fraction of sp³-hybridized carbons (Fsp3) is 0.118. The van der Waals surface area contributed by atoms with Gasteiger partial charge in [-0.2, -0.15) is 10.2 Å². The molecule has 25 heavy (non-hydrogen) atoms. The second kappa shape index (κ2) is 5.42. The van der Waals surface area contributed by atoms with Crippen molar-refractivity contribution in [1.29, 1.82) is 5.26 Å². The van der Waals surface area contributed by atoms with Crippen LogP contribution in [-0.4, -0.2) is 30.6 Å². The number of anilines is 1. The molecule has 4 rings (SSSR count). The number of aliphatic carboxylic acids is 1. The minimum absolute atomic E-state index is 0.209. The molecule has 122 valence electrons. The van der Waals surface area contributed by atoms with Crippen molar-refractivity contribution in [3.05, 3.63) is 59.2 Å². The zero-order chi connectivity index (χ0) is 17.6. The number of nitrogens with zero attached hydrogens (tertiary/aromatic N) is 5. The van der Waals surface area contributed by atoms with E-state index < -0.39 is 12.0 Å².